The minimum absolute atomic E-state index is 0.0373. The summed E-state index contributed by atoms with van der Waals surface area (Å²) < 4.78 is 26.2. The van der Waals surface area contributed by atoms with E-state index in [-0.39, 0.29) is 22.5 Å². The van der Waals surface area contributed by atoms with E-state index in [4.69, 9.17) is 11.5 Å². The van der Waals surface area contributed by atoms with Crippen LogP contribution < -0.4 is 16.8 Å². The van der Waals surface area contributed by atoms with Crippen molar-refractivity contribution in [2.75, 3.05) is 11.1 Å². The number of nitrogen functional groups attached to an aromatic ring is 1. The Morgan fingerprint density at radius 2 is 1.71 bits per heavy atom. The Morgan fingerprint density at radius 3 is 2.33 bits per heavy atom. The molecule has 0 bridgehead atoms. The zero-order chi connectivity index (χ0) is 15.6. The molecule has 0 aliphatic carbocycles. The molecule has 108 valence electrons. The lowest BCUT2D eigenvalue weighted by molar-refractivity contribution is 0.0992. The van der Waals surface area contributed by atoms with Gasteiger partial charge >= 0.3 is 0 Å². The van der Waals surface area contributed by atoms with Gasteiger partial charge in [-0.1, -0.05) is 0 Å². The zero-order valence-electron chi connectivity index (χ0n) is 10.7. The average molecular weight is 291 g/mol. The van der Waals surface area contributed by atoms with Crippen molar-refractivity contribution in [3.05, 3.63) is 59.2 Å². The van der Waals surface area contributed by atoms with E-state index in [0.717, 1.165) is 24.3 Å². The summed E-state index contributed by atoms with van der Waals surface area (Å²) in [7, 11) is 0. The Labute approximate surface area is 118 Å². The lowest BCUT2D eigenvalue weighted by Gasteiger charge is -2.09. The average Bonchev–Trinajstić information content (AvgIpc) is 2.40. The van der Waals surface area contributed by atoms with Crippen LogP contribution in [0.15, 0.2) is 36.4 Å². The molecule has 0 aromatic heterocycles. The molecule has 0 radical (unpaired) electrons. The molecule has 5 N–H and O–H groups in total. The van der Waals surface area contributed by atoms with Gasteiger partial charge in [0.25, 0.3) is 11.8 Å². The largest absolute Gasteiger partial charge is 0.398 e. The number of amides is 2. The molecule has 0 saturated heterocycles. The van der Waals surface area contributed by atoms with Crippen molar-refractivity contribution >= 4 is 23.2 Å². The van der Waals surface area contributed by atoms with E-state index < -0.39 is 23.4 Å². The maximum atomic E-state index is 13.3. The molecular formula is C14H11F2N3O2. The second kappa shape index (κ2) is 5.58. The van der Waals surface area contributed by atoms with Gasteiger partial charge in [-0.05, 0) is 36.4 Å². The van der Waals surface area contributed by atoms with Crippen LogP contribution in [0.4, 0.5) is 20.2 Å². The Hall–Kier alpha value is -2.96. The van der Waals surface area contributed by atoms with Crippen LogP contribution in [-0.4, -0.2) is 11.8 Å². The van der Waals surface area contributed by atoms with Gasteiger partial charge in [-0.25, -0.2) is 8.78 Å². The number of carbonyl (C=O) groups excluding carboxylic acids is 2. The van der Waals surface area contributed by atoms with Crippen LogP contribution in [0.5, 0.6) is 0 Å². The summed E-state index contributed by atoms with van der Waals surface area (Å²) in [6, 6.07) is 6.69. The zero-order valence-corrected chi connectivity index (χ0v) is 10.7. The molecule has 0 spiro atoms. The molecule has 21 heavy (non-hydrogen) atoms. The number of rotatable bonds is 3. The smallest absolute Gasteiger partial charge is 0.257 e. The van der Waals surface area contributed by atoms with Crippen molar-refractivity contribution in [2.24, 2.45) is 5.73 Å². The summed E-state index contributed by atoms with van der Waals surface area (Å²) in [5, 5.41) is 2.43. The number of hydrogen-bond donors (Lipinski definition) is 3. The molecule has 2 amide bonds. The third-order valence-electron chi connectivity index (χ3n) is 2.75. The topological polar surface area (TPSA) is 98.2 Å². The molecule has 0 fully saturated rings. The minimum Gasteiger partial charge on any atom is -0.398 e. The van der Waals surface area contributed by atoms with Crippen LogP contribution >= 0.6 is 0 Å². The number of nitrogens with two attached hydrogens (primary N) is 2. The van der Waals surface area contributed by atoms with Crippen molar-refractivity contribution in [3.8, 4) is 0 Å². The molecule has 2 aromatic rings. The molecule has 0 atom stereocenters. The highest BCUT2D eigenvalue weighted by atomic mass is 19.1. The monoisotopic (exact) mass is 291 g/mol. The van der Waals surface area contributed by atoms with E-state index in [1.807, 2.05) is 0 Å². The van der Waals surface area contributed by atoms with Gasteiger partial charge in [0.1, 0.15) is 11.6 Å². The van der Waals surface area contributed by atoms with Gasteiger partial charge in [0, 0.05) is 11.4 Å². The Morgan fingerprint density at radius 1 is 1.00 bits per heavy atom. The van der Waals surface area contributed by atoms with Gasteiger partial charge in [-0.3, -0.25) is 9.59 Å². The number of benzene rings is 2. The van der Waals surface area contributed by atoms with Crippen molar-refractivity contribution in [3.63, 3.8) is 0 Å². The normalized spacial score (nSPS) is 10.2. The first kappa shape index (κ1) is 14.4. The molecule has 0 aliphatic heterocycles. The molecule has 5 nitrogen and oxygen atoms in total. The molecule has 2 aromatic carbocycles. The number of anilines is 2. The predicted molar refractivity (Wildman–Crippen MR) is 73.7 cm³/mol. The predicted octanol–water partition coefficient (Wildman–Crippen LogP) is 1.90. The van der Waals surface area contributed by atoms with Gasteiger partial charge < -0.3 is 16.8 Å². The van der Waals surface area contributed by atoms with Crippen LogP contribution in [0.2, 0.25) is 0 Å². The highest BCUT2D eigenvalue weighted by Crippen LogP contribution is 2.18. The first-order valence-electron chi connectivity index (χ1n) is 5.84. The lowest BCUT2D eigenvalue weighted by atomic mass is 10.1. The minimum atomic E-state index is -0.954. The molecule has 0 aliphatic rings. The second-order valence-corrected chi connectivity index (χ2v) is 4.24. The van der Waals surface area contributed by atoms with Gasteiger partial charge in [0.05, 0.1) is 11.1 Å². The number of primary amides is 1. The highest BCUT2D eigenvalue weighted by Gasteiger charge is 2.13. The molecule has 0 unspecified atom stereocenters. The van der Waals surface area contributed by atoms with E-state index in [0.29, 0.717) is 0 Å². The number of carbonyl (C=O) groups is 2. The fourth-order valence-electron chi connectivity index (χ4n) is 1.73. The third-order valence-corrected chi connectivity index (χ3v) is 2.75. The van der Waals surface area contributed by atoms with Crippen LogP contribution in [0.25, 0.3) is 0 Å². The highest BCUT2D eigenvalue weighted by molar-refractivity contribution is 6.08. The molecule has 7 heteroatoms. The molecular weight excluding hydrogens is 280 g/mol. The van der Waals surface area contributed by atoms with Crippen molar-refractivity contribution in [2.45, 2.75) is 0 Å². The summed E-state index contributed by atoms with van der Waals surface area (Å²) in [5.41, 5.74) is 10.4. The van der Waals surface area contributed by atoms with Crippen LogP contribution in [0.3, 0.4) is 0 Å². The fourth-order valence-corrected chi connectivity index (χ4v) is 1.73. The number of nitrogens with one attached hydrogen (secondary N) is 1. The molecule has 2 rings (SSSR count). The lowest BCUT2D eigenvalue weighted by Crippen LogP contribution is -2.17. The first-order valence-corrected chi connectivity index (χ1v) is 5.84. The third kappa shape index (κ3) is 3.14. The number of halogens is 2. The maximum Gasteiger partial charge on any atom is 0.257 e. The summed E-state index contributed by atoms with van der Waals surface area (Å²) in [6.07, 6.45) is 0. The van der Waals surface area contributed by atoms with Gasteiger partial charge in [0.15, 0.2) is 0 Å². The Kier molecular flexibility index (Phi) is 3.84. The summed E-state index contributed by atoms with van der Waals surface area (Å²) >= 11 is 0. The Balaban J connectivity index is 2.27. The Bertz CT molecular complexity index is 732. The second-order valence-electron chi connectivity index (χ2n) is 4.24. The first-order chi connectivity index (χ1) is 9.88. The van der Waals surface area contributed by atoms with Crippen molar-refractivity contribution in [1.29, 1.82) is 0 Å². The SMILES string of the molecule is NC(=O)c1cc(NC(=O)c2ccc(F)cc2N)ccc1F. The van der Waals surface area contributed by atoms with Crippen LogP contribution in [0.1, 0.15) is 20.7 Å². The number of hydrogen-bond acceptors (Lipinski definition) is 3. The van der Waals surface area contributed by atoms with E-state index in [1.54, 1.807) is 0 Å². The van der Waals surface area contributed by atoms with Gasteiger partial charge in [-0.15, -0.1) is 0 Å². The maximum absolute atomic E-state index is 13.3. The summed E-state index contributed by atoms with van der Waals surface area (Å²) in [6.45, 7) is 0. The standard InChI is InChI=1S/C14H11F2N3O2/c15-7-1-3-9(12(17)5-7)14(21)19-8-2-4-11(16)10(6-8)13(18)20/h1-6H,17H2,(H2,18,20)(H,19,21). The van der Waals surface area contributed by atoms with Gasteiger partial charge in [-0.2, -0.15) is 0 Å². The summed E-state index contributed by atoms with van der Waals surface area (Å²) in [5.74, 6) is -2.93. The molecule has 0 heterocycles. The summed E-state index contributed by atoms with van der Waals surface area (Å²) in [4.78, 5) is 23.0. The molecule has 0 saturated carbocycles. The van der Waals surface area contributed by atoms with Crippen LogP contribution in [-0.2, 0) is 0 Å². The van der Waals surface area contributed by atoms with Crippen LogP contribution in [0, 0.1) is 11.6 Å². The van der Waals surface area contributed by atoms with E-state index >= 15 is 0 Å². The van der Waals surface area contributed by atoms with Crippen molar-refractivity contribution in [1.82, 2.24) is 0 Å². The van der Waals surface area contributed by atoms with E-state index in [9.17, 15) is 18.4 Å². The quantitative estimate of drug-likeness (QED) is 0.753. The van der Waals surface area contributed by atoms with Gasteiger partial charge in [0.2, 0.25) is 0 Å². The van der Waals surface area contributed by atoms with Crippen molar-refractivity contribution < 1.29 is 18.4 Å². The van der Waals surface area contributed by atoms with E-state index in [1.165, 1.54) is 12.1 Å². The van der Waals surface area contributed by atoms with E-state index in [2.05, 4.69) is 5.32 Å². The fraction of sp³-hybridized carbons (Fsp3) is 0.